The molecule has 0 unspecified atom stereocenters. The molecule has 3 heteroatoms. The number of nitrogens with zero attached hydrogens (tertiary/aromatic N) is 2. The molecule has 3 nitrogen and oxygen atoms in total. The summed E-state index contributed by atoms with van der Waals surface area (Å²) in [5.41, 5.74) is 13.8. The van der Waals surface area contributed by atoms with Crippen LogP contribution < -0.4 is 0 Å². The first-order valence-corrected chi connectivity index (χ1v) is 17.9. The number of pyridine rings is 1. The lowest BCUT2D eigenvalue weighted by atomic mass is 9.93. The summed E-state index contributed by atoms with van der Waals surface area (Å²) in [6, 6.07) is 64.5. The van der Waals surface area contributed by atoms with E-state index in [2.05, 4.69) is 175 Å². The van der Waals surface area contributed by atoms with Gasteiger partial charge in [-0.1, -0.05) is 146 Å². The fraction of sp³-hybridized carbons (Fsp3) is 0. The molecule has 0 radical (unpaired) electrons. The van der Waals surface area contributed by atoms with E-state index < -0.39 is 0 Å². The average Bonchev–Trinajstić information content (AvgIpc) is 3.68. The molecule has 248 valence electrons. The van der Waals surface area contributed by atoms with E-state index in [0.717, 1.165) is 50.0 Å². The zero-order valence-electron chi connectivity index (χ0n) is 28.8. The lowest BCUT2D eigenvalue weighted by molar-refractivity contribution is 0.620. The van der Waals surface area contributed by atoms with Gasteiger partial charge in [0.2, 0.25) is 5.89 Å². The third-order valence-corrected chi connectivity index (χ3v) is 10.2. The number of fused-ring (bicyclic) bond motifs is 3. The number of benzene rings is 8. The van der Waals surface area contributed by atoms with E-state index in [4.69, 9.17) is 9.40 Å². The molecule has 0 N–H and O–H groups in total. The molecule has 0 aliphatic carbocycles. The van der Waals surface area contributed by atoms with Gasteiger partial charge in [-0.3, -0.25) is 4.98 Å². The van der Waals surface area contributed by atoms with Gasteiger partial charge < -0.3 is 4.42 Å². The summed E-state index contributed by atoms with van der Waals surface area (Å²) in [7, 11) is 0. The molecule has 2 aromatic heterocycles. The third-order valence-electron chi connectivity index (χ3n) is 10.2. The Morgan fingerprint density at radius 1 is 0.340 bits per heavy atom. The Balaban J connectivity index is 1.09. The van der Waals surface area contributed by atoms with Gasteiger partial charge in [0.25, 0.3) is 0 Å². The summed E-state index contributed by atoms with van der Waals surface area (Å²) in [6.45, 7) is 0. The van der Waals surface area contributed by atoms with Crippen molar-refractivity contribution in [2.45, 2.75) is 0 Å². The standard InChI is InChI=1S/C50H32N2O/c1-3-14-43-35(8-1)10-6-16-45(43)37-20-18-33(19-21-37)42-31-47(39-24-22-38(23-25-39)46-17-7-11-36-9-2-4-15-44(36)46)49-48(32-42)53-50(52-49)41-13-5-12-40(30-41)34-26-28-51-29-27-34/h1-32H. The number of oxazole rings is 1. The molecule has 0 saturated carbocycles. The van der Waals surface area contributed by atoms with E-state index in [9.17, 15) is 0 Å². The van der Waals surface area contributed by atoms with Gasteiger partial charge in [-0.25, -0.2) is 4.98 Å². The molecule has 0 spiro atoms. The Labute approximate surface area is 307 Å². The van der Waals surface area contributed by atoms with Gasteiger partial charge in [0.1, 0.15) is 5.52 Å². The highest BCUT2D eigenvalue weighted by Crippen LogP contribution is 2.39. The van der Waals surface area contributed by atoms with Gasteiger partial charge in [-0.15, -0.1) is 0 Å². The van der Waals surface area contributed by atoms with Crippen LogP contribution in [0.25, 0.3) is 99.7 Å². The molecular weight excluding hydrogens is 645 g/mol. The van der Waals surface area contributed by atoms with Crippen molar-refractivity contribution in [1.29, 1.82) is 0 Å². The Morgan fingerprint density at radius 3 is 1.49 bits per heavy atom. The van der Waals surface area contributed by atoms with E-state index in [0.29, 0.717) is 5.89 Å². The molecular formula is C50H32N2O. The highest BCUT2D eigenvalue weighted by molar-refractivity contribution is 6.00. The van der Waals surface area contributed by atoms with Gasteiger partial charge in [-0.05, 0) is 108 Å². The van der Waals surface area contributed by atoms with Crippen LogP contribution >= 0.6 is 0 Å². The maximum absolute atomic E-state index is 6.63. The third kappa shape index (κ3) is 5.65. The summed E-state index contributed by atoms with van der Waals surface area (Å²) in [4.78, 5) is 9.34. The molecule has 0 bridgehead atoms. The largest absolute Gasteiger partial charge is 0.436 e. The fourth-order valence-corrected chi connectivity index (χ4v) is 7.54. The molecule has 0 aliphatic heterocycles. The Kier molecular flexibility index (Phi) is 7.47. The monoisotopic (exact) mass is 676 g/mol. The molecule has 0 aliphatic rings. The van der Waals surface area contributed by atoms with Crippen LogP contribution in [0.4, 0.5) is 0 Å². The van der Waals surface area contributed by atoms with Gasteiger partial charge in [0.15, 0.2) is 5.58 Å². The minimum atomic E-state index is 0.591. The van der Waals surface area contributed by atoms with Crippen molar-refractivity contribution in [3.05, 3.63) is 194 Å². The summed E-state index contributed by atoms with van der Waals surface area (Å²) in [5, 5.41) is 4.97. The summed E-state index contributed by atoms with van der Waals surface area (Å²) in [6.07, 6.45) is 3.63. The van der Waals surface area contributed by atoms with E-state index in [1.807, 2.05) is 24.5 Å². The van der Waals surface area contributed by atoms with Crippen LogP contribution in [0, 0.1) is 0 Å². The van der Waals surface area contributed by atoms with E-state index >= 15 is 0 Å². The van der Waals surface area contributed by atoms with Crippen LogP contribution in [0.1, 0.15) is 0 Å². The maximum atomic E-state index is 6.63. The van der Waals surface area contributed by atoms with E-state index in [-0.39, 0.29) is 0 Å². The number of hydrogen-bond donors (Lipinski definition) is 0. The van der Waals surface area contributed by atoms with Crippen LogP contribution in [-0.2, 0) is 0 Å². The number of aromatic nitrogens is 2. The van der Waals surface area contributed by atoms with Crippen molar-refractivity contribution in [1.82, 2.24) is 9.97 Å². The molecule has 0 amide bonds. The predicted octanol–water partition coefficient (Wildman–Crippen LogP) is 13.5. The maximum Gasteiger partial charge on any atom is 0.227 e. The first-order chi connectivity index (χ1) is 26.2. The van der Waals surface area contributed by atoms with Gasteiger partial charge in [-0.2, -0.15) is 0 Å². The predicted molar refractivity (Wildman–Crippen MR) is 219 cm³/mol. The average molecular weight is 677 g/mol. The van der Waals surface area contributed by atoms with Crippen LogP contribution in [0.15, 0.2) is 199 Å². The highest BCUT2D eigenvalue weighted by atomic mass is 16.3. The second-order valence-corrected chi connectivity index (χ2v) is 13.4. The van der Waals surface area contributed by atoms with E-state index in [1.54, 1.807) is 0 Å². The van der Waals surface area contributed by atoms with Crippen LogP contribution in [0.2, 0.25) is 0 Å². The quantitative estimate of drug-likeness (QED) is 0.176. The number of hydrogen-bond acceptors (Lipinski definition) is 3. The molecule has 53 heavy (non-hydrogen) atoms. The molecule has 0 atom stereocenters. The van der Waals surface area contributed by atoms with Crippen LogP contribution in [0.5, 0.6) is 0 Å². The molecule has 10 aromatic rings. The fourth-order valence-electron chi connectivity index (χ4n) is 7.54. The van der Waals surface area contributed by atoms with Gasteiger partial charge in [0, 0.05) is 23.5 Å². The van der Waals surface area contributed by atoms with Gasteiger partial charge in [0.05, 0.1) is 0 Å². The minimum Gasteiger partial charge on any atom is -0.436 e. The lowest BCUT2D eigenvalue weighted by Crippen LogP contribution is -1.87. The van der Waals surface area contributed by atoms with Crippen molar-refractivity contribution in [3.8, 4) is 67.1 Å². The minimum absolute atomic E-state index is 0.591. The van der Waals surface area contributed by atoms with Gasteiger partial charge >= 0.3 is 0 Å². The summed E-state index contributed by atoms with van der Waals surface area (Å²) >= 11 is 0. The van der Waals surface area contributed by atoms with E-state index in [1.165, 1.54) is 43.8 Å². The topological polar surface area (TPSA) is 38.9 Å². The smallest absolute Gasteiger partial charge is 0.227 e. The summed E-state index contributed by atoms with van der Waals surface area (Å²) < 4.78 is 6.63. The summed E-state index contributed by atoms with van der Waals surface area (Å²) in [5.74, 6) is 0.591. The van der Waals surface area contributed by atoms with Crippen LogP contribution in [-0.4, -0.2) is 9.97 Å². The molecule has 0 saturated heterocycles. The van der Waals surface area contributed by atoms with Crippen molar-refractivity contribution in [2.75, 3.05) is 0 Å². The first kappa shape index (κ1) is 30.7. The van der Waals surface area contributed by atoms with Crippen molar-refractivity contribution >= 4 is 32.6 Å². The van der Waals surface area contributed by atoms with Crippen LogP contribution in [0.3, 0.4) is 0 Å². The Bertz CT molecular complexity index is 2910. The Hall–Kier alpha value is -7.10. The van der Waals surface area contributed by atoms with Crippen molar-refractivity contribution < 1.29 is 4.42 Å². The molecule has 8 aromatic carbocycles. The molecule has 10 rings (SSSR count). The molecule has 0 fully saturated rings. The zero-order chi connectivity index (χ0) is 35.1. The first-order valence-electron chi connectivity index (χ1n) is 17.9. The zero-order valence-corrected chi connectivity index (χ0v) is 28.8. The van der Waals surface area contributed by atoms with Crippen molar-refractivity contribution in [3.63, 3.8) is 0 Å². The Morgan fingerprint density at radius 2 is 0.849 bits per heavy atom. The molecule has 2 heterocycles. The number of rotatable bonds is 6. The second kappa shape index (κ2) is 12.9. The normalized spacial score (nSPS) is 11.4. The lowest BCUT2D eigenvalue weighted by Gasteiger charge is -2.11. The SMILES string of the molecule is c1cc(-c2ccncc2)cc(-c2nc3c(-c4ccc(-c5cccc6ccccc56)cc4)cc(-c4ccc(-c5cccc6ccccc56)cc4)cc3o2)c1. The van der Waals surface area contributed by atoms with Crippen molar-refractivity contribution in [2.24, 2.45) is 0 Å². The second-order valence-electron chi connectivity index (χ2n) is 13.4. The highest BCUT2D eigenvalue weighted by Gasteiger charge is 2.17.